The summed E-state index contributed by atoms with van der Waals surface area (Å²) >= 11 is 0. The van der Waals surface area contributed by atoms with Gasteiger partial charge in [0.2, 0.25) is 5.88 Å². The van der Waals surface area contributed by atoms with Crippen LogP contribution in [0.15, 0.2) is 12.1 Å². The Morgan fingerprint density at radius 2 is 1.88 bits per heavy atom. The lowest BCUT2D eigenvalue weighted by atomic mass is 9.87. The van der Waals surface area contributed by atoms with Gasteiger partial charge in [0.25, 0.3) is 0 Å². The smallest absolute Gasteiger partial charge is 0.213 e. The van der Waals surface area contributed by atoms with Gasteiger partial charge in [-0.05, 0) is 31.7 Å². The highest BCUT2D eigenvalue weighted by Crippen LogP contribution is 2.30. The largest absolute Gasteiger partial charge is 0.474 e. The molecule has 0 N–H and O–H groups in total. The number of Topliss-reactive ketones (excluding diaryl/α,β-unsaturated/α-hetero) is 1. The summed E-state index contributed by atoms with van der Waals surface area (Å²) in [4.78, 5) is 19.6. The van der Waals surface area contributed by atoms with Gasteiger partial charge in [-0.2, -0.15) is 0 Å². The van der Waals surface area contributed by atoms with E-state index in [2.05, 4.69) is 25.7 Å². The first-order valence-corrected chi connectivity index (χ1v) is 9.84. The minimum atomic E-state index is -0.173. The van der Waals surface area contributed by atoms with Crippen molar-refractivity contribution in [1.82, 2.24) is 9.88 Å². The van der Waals surface area contributed by atoms with Crippen molar-refractivity contribution in [3.8, 4) is 5.88 Å². The summed E-state index contributed by atoms with van der Waals surface area (Å²) in [5.74, 6) is 0.817. The van der Waals surface area contributed by atoms with Crippen LogP contribution in [0, 0.1) is 0 Å². The first kappa shape index (κ1) is 18.4. The fourth-order valence-electron chi connectivity index (χ4n) is 3.78. The number of hydrogen-bond donors (Lipinski definition) is 0. The van der Waals surface area contributed by atoms with E-state index in [4.69, 9.17) is 9.72 Å². The number of carbonyl (C=O) groups is 1. The molecule has 138 valence electrons. The van der Waals surface area contributed by atoms with E-state index < -0.39 is 0 Å². The molecular weight excluding hydrogens is 312 g/mol. The Balaban J connectivity index is 1.67. The Labute approximate surface area is 152 Å². The maximum atomic E-state index is 12.2. The van der Waals surface area contributed by atoms with E-state index in [0.717, 1.165) is 43.2 Å². The molecule has 4 heteroatoms. The van der Waals surface area contributed by atoms with Crippen LogP contribution in [0.1, 0.15) is 82.3 Å². The van der Waals surface area contributed by atoms with Gasteiger partial charge in [-0.25, -0.2) is 4.98 Å². The van der Waals surface area contributed by atoms with E-state index in [0.29, 0.717) is 12.3 Å². The standard InChI is InChI=1S/C21H32N2O2/c1-5-18(24)17-9-10-19(22-20(17)21(2,3)4)25-16-11-13-23(14-12-16)15-7-6-8-15/h9-10,15-16H,5-8,11-14H2,1-4H3. The topological polar surface area (TPSA) is 42.4 Å². The number of pyridine rings is 1. The maximum absolute atomic E-state index is 12.2. The fourth-order valence-corrected chi connectivity index (χ4v) is 3.78. The average Bonchev–Trinajstić information content (AvgIpc) is 2.53. The molecule has 3 rings (SSSR count). The number of likely N-dealkylation sites (tertiary alicyclic amines) is 1. The molecule has 0 spiro atoms. The third kappa shape index (κ3) is 4.22. The molecule has 4 nitrogen and oxygen atoms in total. The zero-order chi connectivity index (χ0) is 18.0. The van der Waals surface area contributed by atoms with Crippen molar-refractivity contribution in [2.24, 2.45) is 0 Å². The highest BCUT2D eigenvalue weighted by Gasteiger charge is 2.30. The summed E-state index contributed by atoms with van der Waals surface area (Å²) in [6.45, 7) is 10.5. The summed E-state index contributed by atoms with van der Waals surface area (Å²) in [5.41, 5.74) is 1.42. The Morgan fingerprint density at radius 1 is 1.20 bits per heavy atom. The molecule has 2 fully saturated rings. The lowest BCUT2D eigenvalue weighted by Gasteiger charge is -2.41. The van der Waals surface area contributed by atoms with Gasteiger partial charge < -0.3 is 9.64 Å². The van der Waals surface area contributed by atoms with Crippen LogP contribution < -0.4 is 4.74 Å². The summed E-state index contributed by atoms with van der Waals surface area (Å²) in [6, 6.07) is 4.60. The molecular formula is C21H32N2O2. The highest BCUT2D eigenvalue weighted by atomic mass is 16.5. The molecule has 1 aromatic rings. The molecule has 0 unspecified atom stereocenters. The molecule has 0 amide bonds. The fraction of sp³-hybridized carbons (Fsp3) is 0.714. The van der Waals surface area contributed by atoms with E-state index in [9.17, 15) is 4.79 Å². The van der Waals surface area contributed by atoms with Crippen LogP contribution in [0.25, 0.3) is 0 Å². The van der Waals surface area contributed by atoms with E-state index in [1.807, 2.05) is 19.1 Å². The Bertz CT molecular complexity index is 609. The van der Waals surface area contributed by atoms with Crippen molar-refractivity contribution < 1.29 is 9.53 Å². The predicted molar refractivity (Wildman–Crippen MR) is 100 cm³/mol. The van der Waals surface area contributed by atoms with Crippen molar-refractivity contribution in [3.63, 3.8) is 0 Å². The third-order valence-electron chi connectivity index (χ3n) is 5.56. The van der Waals surface area contributed by atoms with Gasteiger partial charge >= 0.3 is 0 Å². The molecule has 1 saturated carbocycles. The van der Waals surface area contributed by atoms with Gasteiger partial charge in [0.15, 0.2) is 5.78 Å². The van der Waals surface area contributed by atoms with Crippen LogP contribution in [0.2, 0.25) is 0 Å². The van der Waals surface area contributed by atoms with E-state index >= 15 is 0 Å². The van der Waals surface area contributed by atoms with Crippen LogP contribution in [0.5, 0.6) is 5.88 Å². The molecule has 1 aliphatic heterocycles. The first-order chi connectivity index (χ1) is 11.9. The quantitative estimate of drug-likeness (QED) is 0.744. The number of piperidine rings is 1. The van der Waals surface area contributed by atoms with Crippen molar-refractivity contribution in [1.29, 1.82) is 0 Å². The molecule has 0 aromatic carbocycles. The highest BCUT2D eigenvalue weighted by molar-refractivity contribution is 5.97. The van der Waals surface area contributed by atoms with E-state index in [1.165, 1.54) is 19.3 Å². The Morgan fingerprint density at radius 3 is 2.40 bits per heavy atom. The van der Waals surface area contributed by atoms with Gasteiger partial charge in [-0.3, -0.25) is 4.79 Å². The van der Waals surface area contributed by atoms with Crippen LogP contribution in [0.4, 0.5) is 0 Å². The number of ketones is 1. The summed E-state index contributed by atoms with van der Waals surface area (Å²) in [7, 11) is 0. The Kier molecular flexibility index (Phi) is 5.47. The second-order valence-corrected chi connectivity index (χ2v) is 8.51. The summed E-state index contributed by atoms with van der Waals surface area (Å²) in [6.07, 6.45) is 7.01. The molecule has 25 heavy (non-hydrogen) atoms. The van der Waals surface area contributed by atoms with E-state index in [1.54, 1.807) is 0 Å². The number of aromatic nitrogens is 1. The number of nitrogens with zero attached hydrogens (tertiary/aromatic N) is 2. The SMILES string of the molecule is CCC(=O)c1ccc(OC2CCN(C3CCC3)CC2)nc1C(C)(C)C. The molecule has 0 atom stereocenters. The molecule has 1 saturated heterocycles. The normalized spacial score (nSPS) is 20.3. The minimum Gasteiger partial charge on any atom is -0.474 e. The van der Waals surface area contributed by atoms with Crippen molar-refractivity contribution in [3.05, 3.63) is 23.4 Å². The molecule has 1 aromatic heterocycles. The van der Waals surface area contributed by atoms with Gasteiger partial charge in [-0.15, -0.1) is 0 Å². The lowest BCUT2D eigenvalue weighted by Crippen LogP contribution is -2.46. The molecule has 0 radical (unpaired) electrons. The molecule has 2 heterocycles. The van der Waals surface area contributed by atoms with E-state index in [-0.39, 0.29) is 17.3 Å². The van der Waals surface area contributed by atoms with Crippen LogP contribution in [0.3, 0.4) is 0 Å². The van der Waals surface area contributed by atoms with Crippen LogP contribution >= 0.6 is 0 Å². The molecule has 0 bridgehead atoms. The second-order valence-electron chi connectivity index (χ2n) is 8.51. The average molecular weight is 344 g/mol. The third-order valence-corrected chi connectivity index (χ3v) is 5.56. The number of ether oxygens (including phenoxy) is 1. The van der Waals surface area contributed by atoms with Gasteiger partial charge in [-0.1, -0.05) is 34.1 Å². The van der Waals surface area contributed by atoms with Gasteiger partial charge in [0.1, 0.15) is 6.10 Å². The van der Waals surface area contributed by atoms with Crippen LogP contribution in [-0.4, -0.2) is 40.9 Å². The van der Waals surface area contributed by atoms with Gasteiger partial charge in [0.05, 0.1) is 5.69 Å². The first-order valence-electron chi connectivity index (χ1n) is 9.84. The van der Waals surface area contributed by atoms with Crippen molar-refractivity contribution in [2.45, 2.75) is 83.8 Å². The molecule has 1 aliphatic carbocycles. The minimum absolute atomic E-state index is 0.151. The van der Waals surface area contributed by atoms with Crippen LogP contribution in [-0.2, 0) is 5.41 Å². The maximum Gasteiger partial charge on any atom is 0.213 e. The zero-order valence-corrected chi connectivity index (χ0v) is 16.2. The van der Waals surface area contributed by atoms with Crippen molar-refractivity contribution >= 4 is 5.78 Å². The summed E-state index contributed by atoms with van der Waals surface area (Å²) < 4.78 is 6.19. The number of carbonyl (C=O) groups excluding carboxylic acids is 1. The van der Waals surface area contributed by atoms with Crippen molar-refractivity contribution in [2.75, 3.05) is 13.1 Å². The zero-order valence-electron chi connectivity index (χ0n) is 16.2. The lowest BCUT2D eigenvalue weighted by molar-refractivity contribution is 0.0473. The summed E-state index contributed by atoms with van der Waals surface area (Å²) in [5, 5.41) is 0. The van der Waals surface area contributed by atoms with Gasteiger partial charge in [0, 0.05) is 42.6 Å². The Hall–Kier alpha value is -1.42. The predicted octanol–water partition coefficient (Wildman–Crippen LogP) is 4.37. The second kappa shape index (κ2) is 7.45. The monoisotopic (exact) mass is 344 g/mol. The molecule has 2 aliphatic rings. The number of hydrogen-bond acceptors (Lipinski definition) is 4. The number of rotatable bonds is 5.